The first-order valence-electron chi connectivity index (χ1n) is 6.41. The number of benzene rings is 1. The van der Waals surface area contributed by atoms with E-state index in [9.17, 15) is 8.42 Å². The van der Waals surface area contributed by atoms with Crippen LogP contribution in [0, 0.1) is 0 Å². The lowest BCUT2D eigenvalue weighted by Crippen LogP contribution is -2.14. The van der Waals surface area contributed by atoms with Crippen LogP contribution in [0.4, 0.5) is 5.13 Å². The molecule has 1 aromatic carbocycles. The molecule has 0 saturated heterocycles. The van der Waals surface area contributed by atoms with Crippen LogP contribution in [-0.2, 0) is 22.0 Å². The molecule has 2 rings (SSSR count). The summed E-state index contributed by atoms with van der Waals surface area (Å²) in [5.74, 6) is 0. The Morgan fingerprint density at radius 3 is 2.33 bits per heavy atom. The van der Waals surface area contributed by atoms with Gasteiger partial charge in [0.2, 0.25) is 0 Å². The van der Waals surface area contributed by atoms with E-state index < -0.39 is 10.0 Å². The number of rotatable bonds is 4. The van der Waals surface area contributed by atoms with Crippen LogP contribution in [-0.4, -0.2) is 18.5 Å². The topological polar surface area (TPSA) is 79.3 Å². The van der Waals surface area contributed by atoms with Gasteiger partial charge in [-0.15, -0.1) is 11.3 Å². The Kier molecular flexibility index (Phi) is 4.36. The zero-order valence-electron chi connectivity index (χ0n) is 12.1. The molecule has 114 valence electrons. The van der Waals surface area contributed by atoms with Gasteiger partial charge in [-0.3, -0.25) is 4.72 Å². The fraction of sp³-hybridized carbons (Fsp3) is 0.357. The van der Waals surface area contributed by atoms with E-state index >= 15 is 0 Å². The highest BCUT2D eigenvalue weighted by atomic mass is 32.2. The van der Waals surface area contributed by atoms with Gasteiger partial charge in [-0.1, -0.05) is 32.9 Å². The number of nitrogens with one attached hydrogen (secondary N) is 1. The standard InChI is InChI=1S/C14H18N2O3S2/c1-14(2,3)12-9-20-13(15-12)16-21(18,19)11-6-4-10(8-17)5-7-11/h4-7,9,17H,8H2,1-3H3,(H,15,16). The average molecular weight is 326 g/mol. The maximum Gasteiger partial charge on any atom is 0.263 e. The summed E-state index contributed by atoms with van der Waals surface area (Å²) in [6.07, 6.45) is 0. The SMILES string of the molecule is CC(C)(C)c1csc(NS(=O)(=O)c2ccc(CO)cc2)n1. The highest BCUT2D eigenvalue weighted by Crippen LogP contribution is 2.27. The van der Waals surface area contributed by atoms with Gasteiger partial charge in [0.05, 0.1) is 17.2 Å². The first kappa shape index (κ1) is 15.9. The molecule has 0 radical (unpaired) electrons. The highest BCUT2D eigenvalue weighted by molar-refractivity contribution is 7.93. The second-order valence-electron chi connectivity index (χ2n) is 5.70. The van der Waals surface area contributed by atoms with E-state index in [4.69, 9.17) is 5.11 Å². The predicted octanol–water partition coefficient (Wildman–Crippen LogP) is 2.73. The van der Waals surface area contributed by atoms with Crippen LogP contribution in [0.1, 0.15) is 32.0 Å². The van der Waals surface area contributed by atoms with Crippen LogP contribution in [0.5, 0.6) is 0 Å². The van der Waals surface area contributed by atoms with Crippen molar-refractivity contribution in [2.45, 2.75) is 37.7 Å². The van der Waals surface area contributed by atoms with Crippen molar-refractivity contribution in [2.24, 2.45) is 0 Å². The largest absolute Gasteiger partial charge is 0.392 e. The van der Waals surface area contributed by atoms with Crippen molar-refractivity contribution in [1.29, 1.82) is 0 Å². The van der Waals surface area contributed by atoms with Gasteiger partial charge < -0.3 is 5.11 Å². The van der Waals surface area contributed by atoms with Crippen molar-refractivity contribution < 1.29 is 13.5 Å². The third kappa shape index (κ3) is 3.81. The Bertz CT molecular complexity index is 713. The number of nitrogens with zero attached hydrogens (tertiary/aromatic N) is 1. The van der Waals surface area contributed by atoms with Crippen LogP contribution in [0.2, 0.25) is 0 Å². The molecular formula is C14H18N2O3S2. The smallest absolute Gasteiger partial charge is 0.263 e. The number of thiazole rings is 1. The maximum absolute atomic E-state index is 12.3. The van der Waals surface area contributed by atoms with Crippen molar-refractivity contribution >= 4 is 26.5 Å². The van der Waals surface area contributed by atoms with Crippen molar-refractivity contribution in [2.75, 3.05) is 4.72 Å². The molecule has 0 spiro atoms. The van der Waals surface area contributed by atoms with E-state index in [0.29, 0.717) is 10.7 Å². The van der Waals surface area contributed by atoms with Crippen LogP contribution in [0.15, 0.2) is 34.5 Å². The molecule has 7 heteroatoms. The summed E-state index contributed by atoms with van der Waals surface area (Å²) in [4.78, 5) is 4.46. The molecule has 1 heterocycles. The third-order valence-electron chi connectivity index (χ3n) is 2.91. The Morgan fingerprint density at radius 1 is 1.24 bits per heavy atom. The molecule has 0 aliphatic carbocycles. The number of sulfonamides is 1. The summed E-state index contributed by atoms with van der Waals surface area (Å²) in [5, 5.41) is 11.2. The zero-order chi connectivity index (χ0) is 15.7. The fourth-order valence-electron chi connectivity index (χ4n) is 1.61. The van der Waals surface area contributed by atoms with E-state index in [1.807, 2.05) is 26.2 Å². The second kappa shape index (κ2) is 5.75. The van der Waals surface area contributed by atoms with Crippen LogP contribution in [0.3, 0.4) is 0 Å². The normalized spacial score (nSPS) is 12.4. The Hall–Kier alpha value is -1.44. The summed E-state index contributed by atoms with van der Waals surface area (Å²) >= 11 is 1.26. The first-order chi connectivity index (χ1) is 9.72. The molecule has 0 amide bonds. The summed E-state index contributed by atoms with van der Waals surface area (Å²) in [6.45, 7) is 5.95. The number of aromatic nitrogens is 1. The van der Waals surface area contributed by atoms with E-state index in [2.05, 4.69) is 9.71 Å². The van der Waals surface area contributed by atoms with Gasteiger partial charge in [0.15, 0.2) is 5.13 Å². The van der Waals surface area contributed by atoms with Crippen molar-refractivity contribution in [3.63, 3.8) is 0 Å². The fourth-order valence-corrected chi connectivity index (χ4v) is 3.80. The molecule has 0 atom stereocenters. The summed E-state index contributed by atoms with van der Waals surface area (Å²) < 4.78 is 27.0. The molecule has 0 fully saturated rings. The Morgan fingerprint density at radius 2 is 1.86 bits per heavy atom. The quantitative estimate of drug-likeness (QED) is 0.905. The minimum atomic E-state index is -3.65. The zero-order valence-corrected chi connectivity index (χ0v) is 13.8. The molecule has 0 aliphatic heterocycles. The summed E-state index contributed by atoms with van der Waals surface area (Å²) in [6, 6.07) is 6.09. The average Bonchev–Trinajstić information content (AvgIpc) is 2.86. The minimum absolute atomic E-state index is 0.116. The van der Waals surface area contributed by atoms with E-state index in [1.165, 1.54) is 23.5 Å². The number of aliphatic hydroxyl groups is 1. The summed E-state index contributed by atoms with van der Waals surface area (Å²) in [7, 11) is -3.65. The van der Waals surface area contributed by atoms with Crippen LogP contribution < -0.4 is 4.72 Å². The molecule has 21 heavy (non-hydrogen) atoms. The lowest BCUT2D eigenvalue weighted by Gasteiger charge is -2.14. The lowest BCUT2D eigenvalue weighted by molar-refractivity contribution is 0.282. The number of hydrogen-bond acceptors (Lipinski definition) is 5. The Labute approximate surface area is 128 Å². The third-order valence-corrected chi connectivity index (χ3v) is 5.15. The highest BCUT2D eigenvalue weighted by Gasteiger charge is 2.20. The number of anilines is 1. The van der Waals surface area contributed by atoms with Gasteiger partial charge >= 0.3 is 0 Å². The molecule has 5 nitrogen and oxygen atoms in total. The van der Waals surface area contributed by atoms with Crippen LogP contribution in [0.25, 0.3) is 0 Å². The molecule has 1 aromatic heterocycles. The van der Waals surface area contributed by atoms with Crippen molar-refractivity contribution in [3.05, 3.63) is 40.9 Å². The molecule has 0 bridgehead atoms. The van der Waals surface area contributed by atoms with Crippen LogP contribution >= 0.6 is 11.3 Å². The second-order valence-corrected chi connectivity index (χ2v) is 8.24. The van der Waals surface area contributed by atoms with E-state index in [0.717, 1.165) is 5.69 Å². The molecular weight excluding hydrogens is 308 g/mol. The maximum atomic E-state index is 12.3. The predicted molar refractivity (Wildman–Crippen MR) is 84.0 cm³/mol. The van der Waals surface area contributed by atoms with Gasteiger partial charge in [-0.05, 0) is 17.7 Å². The number of hydrogen-bond donors (Lipinski definition) is 2. The molecule has 2 aromatic rings. The van der Waals surface area contributed by atoms with E-state index in [1.54, 1.807) is 12.1 Å². The van der Waals surface area contributed by atoms with Gasteiger partial charge in [0.1, 0.15) is 0 Å². The number of aliphatic hydroxyl groups excluding tert-OH is 1. The van der Waals surface area contributed by atoms with Gasteiger partial charge in [-0.2, -0.15) is 0 Å². The Balaban J connectivity index is 2.22. The molecule has 0 unspecified atom stereocenters. The molecule has 2 N–H and O–H groups in total. The van der Waals surface area contributed by atoms with Gasteiger partial charge in [0, 0.05) is 10.8 Å². The molecule has 0 saturated carbocycles. The summed E-state index contributed by atoms with van der Waals surface area (Å²) in [5.41, 5.74) is 1.39. The first-order valence-corrected chi connectivity index (χ1v) is 8.77. The van der Waals surface area contributed by atoms with Gasteiger partial charge in [-0.25, -0.2) is 13.4 Å². The van der Waals surface area contributed by atoms with Crippen molar-refractivity contribution in [3.8, 4) is 0 Å². The monoisotopic (exact) mass is 326 g/mol. The van der Waals surface area contributed by atoms with Gasteiger partial charge in [0.25, 0.3) is 10.0 Å². The van der Waals surface area contributed by atoms with E-state index in [-0.39, 0.29) is 16.9 Å². The minimum Gasteiger partial charge on any atom is -0.392 e. The van der Waals surface area contributed by atoms with Crippen molar-refractivity contribution in [1.82, 2.24) is 4.98 Å². The lowest BCUT2D eigenvalue weighted by atomic mass is 9.93. The molecule has 0 aliphatic rings.